The molecule has 1 fully saturated rings. The first kappa shape index (κ1) is 13.9. The van der Waals surface area contributed by atoms with E-state index in [-0.39, 0.29) is 5.57 Å². The molecule has 100 valence electrons. The van der Waals surface area contributed by atoms with Gasteiger partial charge >= 0.3 is 11.9 Å². The molecular weight excluding hydrogens is 291 g/mol. The van der Waals surface area contributed by atoms with Gasteiger partial charge < -0.3 is 9.47 Å². The zero-order chi connectivity index (χ0) is 14.2. The van der Waals surface area contributed by atoms with E-state index in [4.69, 9.17) is 32.7 Å². The third-order valence-electron chi connectivity index (χ3n) is 2.38. The third-order valence-corrected chi connectivity index (χ3v) is 2.94. The SMILES string of the molecule is CC1(C)OC(=O)C(=Cc2ccc(Cl)cc2Cl)C(=O)O1. The Balaban J connectivity index is 2.38. The van der Waals surface area contributed by atoms with Crippen LogP contribution in [0.3, 0.4) is 0 Å². The van der Waals surface area contributed by atoms with Gasteiger partial charge in [0.2, 0.25) is 0 Å². The fourth-order valence-corrected chi connectivity index (χ4v) is 2.02. The van der Waals surface area contributed by atoms with Crippen molar-refractivity contribution in [2.45, 2.75) is 19.6 Å². The Labute approximate surface area is 119 Å². The molecule has 4 nitrogen and oxygen atoms in total. The van der Waals surface area contributed by atoms with Crippen molar-refractivity contribution in [3.63, 3.8) is 0 Å². The Kier molecular flexibility index (Phi) is 3.56. The van der Waals surface area contributed by atoms with Gasteiger partial charge in [-0.1, -0.05) is 29.3 Å². The fraction of sp³-hybridized carbons (Fsp3) is 0.231. The van der Waals surface area contributed by atoms with Crippen molar-refractivity contribution in [2.75, 3.05) is 0 Å². The molecule has 19 heavy (non-hydrogen) atoms. The normalized spacial score (nSPS) is 17.8. The van der Waals surface area contributed by atoms with Crippen LogP contribution in [0.4, 0.5) is 0 Å². The molecule has 1 aliphatic rings. The van der Waals surface area contributed by atoms with Gasteiger partial charge in [0.1, 0.15) is 5.57 Å². The molecule has 6 heteroatoms. The maximum atomic E-state index is 11.7. The molecule has 1 heterocycles. The monoisotopic (exact) mass is 300 g/mol. The Morgan fingerprint density at radius 1 is 1.11 bits per heavy atom. The average Bonchev–Trinajstić information content (AvgIpc) is 2.24. The number of hydrogen-bond acceptors (Lipinski definition) is 4. The lowest BCUT2D eigenvalue weighted by atomic mass is 10.1. The molecule has 0 aliphatic carbocycles. The van der Waals surface area contributed by atoms with E-state index in [0.717, 1.165) is 0 Å². The molecule has 0 aromatic heterocycles. The molecule has 0 bridgehead atoms. The van der Waals surface area contributed by atoms with Crippen molar-refractivity contribution in [2.24, 2.45) is 0 Å². The Morgan fingerprint density at radius 3 is 2.21 bits per heavy atom. The summed E-state index contributed by atoms with van der Waals surface area (Å²) in [5.74, 6) is -2.74. The average molecular weight is 301 g/mol. The smallest absolute Gasteiger partial charge is 0.348 e. The number of benzene rings is 1. The second-order valence-electron chi connectivity index (χ2n) is 4.40. The highest BCUT2D eigenvalue weighted by Crippen LogP contribution is 2.27. The predicted octanol–water partition coefficient (Wildman–Crippen LogP) is 3.21. The van der Waals surface area contributed by atoms with E-state index >= 15 is 0 Å². The van der Waals surface area contributed by atoms with E-state index in [2.05, 4.69) is 0 Å². The predicted molar refractivity (Wildman–Crippen MR) is 70.7 cm³/mol. The zero-order valence-electron chi connectivity index (χ0n) is 10.2. The molecule has 1 aromatic rings. The van der Waals surface area contributed by atoms with Crippen LogP contribution in [0, 0.1) is 0 Å². The number of carbonyl (C=O) groups is 2. The van der Waals surface area contributed by atoms with Crippen LogP contribution in [0.2, 0.25) is 10.0 Å². The molecule has 0 unspecified atom stereocenters. The van der Waals surface area contributed by atoms with Gasteiger partial charge in [-0.2, -0.15) is 0 Å². The largest absolute Gasteiger partial charge is 0.419 e. The van der Waals surface area contributed by atoms with Crippen LogP contribution in [0.15, 0.2) is 23.8 Å². The Morgan fingerprint density at radius 2 is 1.68 bits per heavy atom. The molecule has 0 atom stereocenters. The summed E-state index contributed by atoms with van der Waals surface area (Å²) in [6.45, 7) is 2.96. The van der Waals surface area contributed by atoms with E-state index in [1.807, 2.05) is 0 Å². The first-order chi connectivity index (χ1) is 8.78. The van der Waals surface area contributed by atoms with Crippen LogP contribution in [-0.4, -0.2) is 17.7 Å². The van der Waals surface area contributed by atoms with Crippen LogP contribution >= 0.6 is 23.2 Å². The van der Waals surface area contributed by atoms with Crippen molar-refractivity contribution in [3.05, 3.63) is 39.4 Å². The fourth-order valence-electron chi connectivity index (χ4n) is 1.55. The van der Waals surface area contributed by atoms with Gasteiger partial charge in [-0.05, 0) is 23.8 Å². The molecule has 2 rings (SSSR count). The van der Waals surface area contributed by atoms with E-state index in [1.165, 1.54) is 26.0 Å². The summed E-state index contributed by atoms with van der Waals surface area (Å²) in [5.41, 5.74) is 0.276. The molecule has 1 aliphatic heterocycles. The topological polar surface area (TPSA) is 52.6 Å². The van der Waals surface area contributed by atoms with Crippen molar-refractivity contribution in [1.29, 1.82) is 0 Å². The van der Waals surface area contributed by atoms with Gasteiger partial charge in [-0.15, -0.1) is 0 Å². The van der Waals surface area contributed by atoms with E-state index in [1.54, 1.807) is 12.1 Å². The zero-order valence-corrected chi connectivity index (χ0v) is 11.7. The summed E-state index contributed by atoms with van der Waals surface area (Å²) in [6, 6.07) is 4.71. The summed E-state index contributed by atoms with van der Waals surface area (Å²) in [6.07, 6.45) is 1.32. The summed E-state index contributed by atoms with van der Waals surface area (Å²) >= 11 is 11.7. The number of esters is 2. The standard InChI is InChI=1S/C13H10Cl2O4/c1-13(2)18-11(16)9(12(17)19-13)5-7-3-4-8(14)6-10(7)15/h3-6H,1-2H3. The summed E-state index contributed by atoms with van der Waals surface area (Å²) in [7, 11) is 0. The first-order valence-corrected chi connectivity index (χ1v) is 6.17. The minimum atomic E-state index is -1.25. The number of rotatable bonds is 1. The van der Waals surface area contributed by atoms with Gasteiger partial charge in [0, 0.05) is 23.9 Å². The van der Waals surface area contributed by atoms with Gasteiger partial charge in [0.25, 0.3) is 5.79 Å². The highest BCUT2D eigenvalue weighted by Gasteiger charge is 2.38. The van der Waals surface area contributed by atoms with Gasteiger partial charge in [-0.3, -0.25) is 0 Å². The molecule has 0 saturated carbocycles. The van der Waals surface area contributed by atoms with Crippen LogP contribution < -0.4 is 0 Å². The van der Waals surface area contributed by atoms with Crippen LogP contribution in [0.1, 0.15) is 19.4 Å². The number of cyclic esters (lactones) is 2. The summed E-state index contributed by atoms with van der Waals surface area (Å²) in [4.78, 5) is 23.5. The number of hydrogen-bond donors (Lipinski definition) is 0. The minimum absolute atomic E-state index is 0.205. The molecule has 0 radical (unpaired) electrons. The van der Waals surface area contributed by atoms with E-state index < -0.39 is 17.7 Å². The molecular formula is C13H10Cl2O4. The highest BCUT2D eigenvalue weighted by atomic mass is 35.5. The number of carbonyl (C=O) groups excluding carboxylic acids is 2. The van der Waals surface area contributed by atoms with Crippen molar-refractivity contribution < 1.29 is 19.1 Å². The number of ether oxygens (including phenoxy) is 2. The maximum absolute atomic E-state index is 11.7. The molecule has 1 saturated heterocycles. The lowest BCUT2D eigenvalue weighted by Crippen LogP contribution is -2.41. The number of halogens is 2. The Bertz CT molecular complexity index is 568. The van der Waals surface area contributed by atoms with Crippen molar-refractivity contribution >= 4 is 41.2 Å². The van der Waals surface area contributed by atoms with Crippen molar-refractivity contribution in [1.82, 2.24) is 0 Å². The molecule has 1 aromatic carbocycles. The van der Waals surface area contributed by atoms with E-state index in [0.29, 0.717) is 15.6 Å². The second kappa shape index (κ2) is 4.87. The first-order valence-electron chi connectivity index (χ1n) is 5.42. The maximum Gasteiger partial charge on any atom is 0.348 e. The summed E-state index contributed by atoms with van der Waals surface area (Å²) < 4.78 is 9.95. The second-order valence-corrected chi connectivity index (χ2v) is 5.25. The quantitative estimate of drug-likeness (QED) is 0.454. The lowest BCUT2D eigenvalue weighted by molar-refractivity contribution is -0.222. The van der Waals surface area contributed by atoms with Crippen molar-refractivity contribution in [3.8, 4) is 0 Å². The van der Waals surface area contributed by atoms with Gasteiger partial charge in [-0.25, -0.2) is 9.59 Å². The summed E-state index contributed by atoms with van der Waals surface area (Å²) in [5, 5.41) is 0.785. The van der Waals surface area contributed by atoms with E-state index in [9.17, 15) is 9.59 Å². The Hall–Kier alpha value is -1.52. The molecule has 0 N–H and O–H groups in total. The lowest BCUT2D eigenvalue weighted by Gasteiger charge is -2.29. The highest BCUT2D eigenvalue weighted by molar-refractivity contribution is 6.35. The van der Waals surface area contributed by atoms with Crippen LogP contribution in [0.25, 0.3) is 6.08 Å². The van der Waals surface area contributed by atoms with Gasteiger partial charge in [0.05, 0.1) is 0 Å². The van der Waals surface area contributed by atoms with Gasteiger partial charge in [0.15, 0.2) is 0 Å². The minimum Gasteiger partial charge on any atom is -0.419 e. The molecule has 0 amide bonds. The molecule has 0 spiro atoms. The third kappa shape index (κ3) is 3.08. The van der Waals surface area contributed by atoms with Crippen LogP contribution in [0.5, 0.6) is 0 Å². The van der Waals surface area contributed by atoms with Crippen LogP contribution in [-0.2, 0) is 19.1 Å².